The van der Waals surface area contributed by atoms with Crippen molar-refractivity contribution in [2.45, 2.75) is 0 Å². The van der Waals surface area contributed by atoms with E-state index in [1.165, 1.54) is 16.7 Å². The molecule has 4 aromatic heterocycles. The quantitative estimate of drug-likeness (QED) is 0.298. The van der Waals surface area contributed by atoms with Crippen LogP contribution in [0.25, 0.3) is 54.2 Å². The molecule has 0 aliphatic heterocycles. The molecular weight excluding hydrogens is 436 g/mol. The van der Waals surface area contributed by atoms with Crippen LogP contribution in [0.4, 0.5) is 0 Å². The summed E-state index contributed by atoms with van der Waals surface area (Å²) < 4.78 is 9.77. The van der Waals surface area contributed by atoms with E-state index >= 15 is 0 Å². The van der Waals surface area contributed by atoms with E-state index in [-0.39, 0.29) is 0 Å². The predicted molar refractivity (Wildman–Crippen MR) is 132 cm³/mol. The summed E-state index contributed by atoms with van der Waals surface area (Å²) in [4.78, 5) is 11.4. The molecule has 0 unspecified atom stereocenters. The fraction of sp³-hybridized carbons (Fsp3) is 0.0400. The monoisotopic (exact) mass is 452 g/mol. The Morgan fingerprint density at radius 1 is 0.750 bits per heavy atom. The minimum Gasteiger partial charge on any atom is -0.481 e. The van der Waals surface area contributed by atoms with Crippen molar-refractivity contribution in [3.8, 4) is 28.1 Å². The second-order valence-corrected chi connectivity index (χ2v) is 9.37. The molecule has 5 nitrogen and oxygen atoms in total. The predicted octanol–water partition coefficient (Wildman–Crippen LogP) is 6.75. The van der Waals surface area contributed by atoms with Crippen LogP contribution in [0.3, 0.4) is 0 Å². The number of aromatic nitrogens is 4. The molecule has 0 aliphatic carbocycles. The standard InChI is InChI=1S/C25H16N4OS2/c1-30-23-14-32-25-27-20-8-6-18(13-22(20)29(23)25)16-4-2-3-15(11-16)17-5-7-19-21(12-17)28-9-10-31-24(28)26-19/h2-14H,1H3. The zero-order valence-electron chi connectivity index (χ0n) is 17.0. The highest BCUT2D eigenvalue weighted by Gasteiger charge is 2.13. The van der Waals surface area contributed by atoms with E-state index in [1.807, 2.05) is 5.38 Å². The van der Waals surface area contributed by atoms with Crippen molar-refractivity contribution in [2.24, 2.45) is 0 Å². The largest absolute Gasteiger partial charge is 0.481 e. The maximum atomic E-state index is 5.54. The van der Waals surface area contributed by atoms with Gasteiger partial charge in [-0.1, -0.05) is 30.3 Å². The van der Waals surface area contributed by atoms with Crippen molar-refractivity contribution in [3.63, 3.8) is 0 Å². The molecule has 0 bridgehead atoms. The van der Waals surface area contributed by atoms with Crippen LogP contribution >= 0.6 is 22.7 Å². The number of fused-ring (bicyclic) bond motifs is 6. The number of methoxy groups -OCH3 is 1. The number of imidazole rings is 2. The number of benzene rings is 3. The van der Waals surface area contributed by atoms with Gasteiger partial charge in [-0.15, -0.1) is 22.7 Å². The second kappa shape index (κ2) is 6.66. The molecule has 7 heteroatoms. The minimum absolute atomic E-state index is 0.812. The van der Waals surface area contributed by atoms with Gasteiger partial charge in [-0.05, 0) is 52.6 Å². The number of ether oxygens (including phenoxy) is 1. The number of hydrogen-bond acceptors (Lipinski definition) is 5. The smallest absolute Gasteiger partial charge is 0.210 e. The van der Waals surface area contributed by atoms with Crippen molar-refractivity contribution in [1.82, 2.24) is 18.8 Å². The molecule has 7 rings (SSSR count). The first-order chi connectivity index (χ1) is 15.8. The van der Waals surface area contributed by atoms with Crippen LogP contribution in [0.1, 0.15) is 0 Å². The van der Waals surface area contributed by atoms with Crippen molar-refractivity contribution in [1.29, 1.82) is 0 Å². The molecule has 0 fully saturated rings. The lowest BCUT2D eigenvalue weighted by molar-refractivity contribution is 0.397. The highest BCUT2D eigenvalue weighted by atomic mass is 32.1. The van der Waals surface area contributed by atoms with Gasteiger partial charge in [0.1, 0.15) is 0 Å². The lowest BCUT2D eigenvalue weighted by Gasteiger charge is -2.07. The molecule has 0 spiro atoms. The van der Waals surface area contributed by atoms with Crippen LogP contribution in [0.5, 0.6) is 5.88 Å². The van der Waals surface area contributed by atoms with Crippen LogP contribution in [0.15, 0.2) is 77.6 Å². The van der Waals surface area contributed by atoms with Gasteiger partial charge in [-0.3, -0.25) is 8.80 Å². The van der Waals surface area contributed by atoms with E-state index in [9.17, 15) is 0 Å². The Balaban J connectivity index is 1.37. The highest BCUT2D eigenvalue weighted by Crippen LogP contribution is 2.33. The SMILES string of the molecule is COc1csc2nc3ccc(-c4cccc(-c5ccc6nc7sccn7c6c5)c4)cc3n12. The molecule has 3 aromatic carbocycles. The number of hydrogen-bond donors (Lipinski definition) is 0. The molecule has 0 saturated carbocycles. The van der Waals surface area contributed by atoms with Crippen molar-refractivity contribution >= 4 is 54.7 Å². The first-order valence-corrected chi connectivity index (χ1v) is 11.9. The molecule has 0 amide bonds. The van der Waals surface area contributed by atoms with Gasteiger partial charge < -0.3 is 4.74 Å². The van der Waals surface area contributed by atoms with E-state index in [0.29, 0.717) is 0 Å². The summed E-state index contributed by atoms with van der Waals surface area (Å²) in [6.45, 7) is 0. The van der Waals surface area contributed by atoms with Gasteiger partial charge >= 0.3 is 0 Å². The van der Waals surface area contributed by atoms with Gasteiger partial charge in [0, 0.05) is 11.6 Å². The average Bonchev–Trinajstić information content (AvgIpc) is 3.58. The molecule has 32 heavy (non-hydrogen) atoms. The van der Waals surface area contributed by atoms with E-state index in [0.717, 1.165) is 43.4 Å². The molecule has 0 N–H and O–H groups in total. The highest BCUT2D eigenvalue weighted by molar-refractivity contribution is 7.15. The summed E-state index contributed by atoms with van der Waals surface area (Å²) in [6.07, 6.45) is 2.08. The van der Waals surface area contributed by atoms with E-state index in [2.05, 4.69) is 81.0 Å². The van der Waals surface area contributed by atoms with Gasteiger partial charge in [0.05, 0.1) is 34.6 Å². The normalized spacial score (nSPS) is 11.9. The zero-order valence-corrected chi connectivity index (χ0v) is 18.7. The van der Waals surface area contributed by atoms with Crippen molar-refractivity contribution in [2.75, 3.05) is 7.11 Å². The minimum atomic E-state index is 0.812. The van der Waals surface area contributed by atoms with Crippen molar-refractivity contribution in [3.05, 3.63) is 77.6 Å². The van der Waals surface area contributed by atoms with Crippen LogP contribution in [-0.2, 0) is 0 Å². The van der Waals surface area contributed by atoms with E-state index in [4.69, 9.17) is 14.7 Å². The zero-order chi connectivity index (χ0) is 21.2. The first-order valence-electron chi connectivity index (χ1n) is 10.2. The van der Waals surface area contributed by atoms with Gasteiger partial charge in [0.25, 0.3) is 0 Å². The second-order valence-electron chi connectivity index (χ2n) is 7.66. The molecule has 7 aromatic rings. The third-order valence-electron chi connectivity index (χ3n) is 5.89. The molecule has 0 atom stereocenters. The summed E-state index contributed by atoms with van der Waals surface area (Å²) in [6, 6.07) is 21.6. The van der Waals surface area contributed by atoms with Crippen molar-refractivity contribution < 1.29 is 4.74 Å². The molecule has 0 saturated heterocycles. The van der Waals surface area contributed by atoms with Crippen LogP contribution in [0, 0.1) is 0 Å². The third kappa shape index (κ3) is 2.55. The van der Waals surface area contributed by atoms with Gasteiger partial charge in [-0.2, -0.15) is 0 Å². The summed E-state index contributed by atoms with van der Waals surface area (Å²) in [7, 11) is 1.70. The maximum absolute atomic E-state index is 5.54. The lowest BCUT2D eigenvalue weighted by atomic mass is 9.98. The maximum Gasteiger partial charge on any atom is 0.210 e. The van der Waals surface area contributed by atoms with Crippen LogP contribution < -0.4 is 4.74 Å². The Morgan fingerprint density at radius 3 is 2.22 bits per heavy atom. The summed E-state index contributed by atoms with van der Waals surface area (Å²) >= 11 is 3.25. The van der Waals surface area contributed by atoms with Crippen LogP contribution in [0.2, 0.25) is 0 Å². The Bertz CT molecular complexity index is 1790. The Morgan fingerprint density at radius 2 is 1.44 bits per heavy atom. The molecule has 154 valence electrons. The molecule has 0 aliphatic rings. The number of thiazole rings is 2. The molecule has 4 heterocycles. The average molecular weight is 453 g/mol. The van der Waals surface area contributed by atoms with Crippen LogP contribution in [-0.4, -0.2) is 25.9 Å². The molecular formula is C25H16N4OS2. The summed E-state index contributed by atoms with van der Waals surface area (Å²) in [5, 5.41) is 4.06. The Labute approximate surface area is 190 Å². The Hall–Kier alpha value is -3.68. The topological polar surface area (TPSA) is 43.8 Å². The fourth-order valence-electron chi connectivity index (χ4n) is 4.33. The summed E-state index contributed by atoms with van der Waals surface area (Å²) in [5.41, 5.74) is 8.87. The summed E-state index contributed by atoms with van der Waals surface area (Å²) in [5.74, 6) is 0.812. The van der Waals surface area contributed by atoms with Gasteiger partial charge in [0.15, 0.2) is 9.92 Å². The van der Waals surface area contributed by atoms with Gasteiger partial charge in [-0.25, -0.2) is 9.97 Å². The van der Waals surface area contributed by atoms with Gasteiger partial charge in [0.2, 0.25) is 5.88 Å². The lowest BCUT2D eigenvalue weighted by Crippen LogP contribution is -1.88. The van der Waals surface area contributed by atoms with E-state index in [1.54, 1.807) is 29.8 Å². The third-order valence-corrected chi connectivity index (χ3v) is 7.45. The molecule has 0 radical (unpaired) electrons. The Kier molecular flexibility index (Phi) is 3.73. The van der Waals surface area contributed by atoms with E-state index < -0.39 is 0 Å². The fourth-order valence-corrected chi connectivity index (χ4v) is 5.91. The number of rotatable bonds is 3. The number of nitrogens with zero attached hydrogens (tertiary/aromatic N) is 4. The first kappa shape index (κ1) is 17.9.